The van der Waals surface area contributed by atoms with Gasteiger partial charge in [-0.05, 0) is 37.9 Å². The van der Waals surface area contributed by atoms with Crippen molar-refractivity contribution in [2.24, 2.45) is 0 Å². The van der Waals surface area contributed by atoms with E-state index in [2.05, 4.69) is 29.4 Å². The minimum Gasteiger partial charge on any atom is -0.340 e. The van der Waals surface area contributed by atoms with Gasteiger partial charge in [-0.3, -0.25) is 0 Å². The molecule has 3 rings (SSSR count). The molecule has 84 valence electrons. The van der Waals surface area contributed by atoms with Crippen molar-refractivity contribution >= 4 is 11.0 Å². The highest BCUT2D eigenvalue weighted by Gasteiger charge is 2.36. The second-order valence-corrected chi connectivity index (χ2v) is 4.57. The summed E-state index contributed by atoms with van der Waals surface area (Å²) in [6, 6.07) is 8.23. The highest BCUT2D eigenvalue weighted by Crippen LogP contribution is 2.33. The Hall–Kier alpha value is -1.35. The van der Waals surface area contributed by atoms with Crippen LogP contribution in [0.4, 0.5) is 0 Å². The molecule has 0 aliphatic carbocycles. The van der Waals surface area contributed by atoms with E-state index in [1.807, 2.05) is 12.1 Å². The topological polar surface area (TPSA) is 40.7 Å². The summed E-state index contributed by atoms with van der Waals surface area (Å²) in [5.74, 6) is 1.11. The lowest BCUT2D eigenvalue weighted by atomic mass is 9.93. The van der Waals surface area contributed by atoms with E-state index in [0.717, 1.165) is 29.8 Å². The molecule has 0 bridgehead atoms. The van der Waals surface area contributed by atoms with E-state index in [-0.39, 0.29) is 5.54 Å². The van der Waals surface area contributed by atoms with Crippen molar-refractivity contribution in [1.82, 2.24) is 15.3 Å². The molecule has 0 amide bonds. The fourth-order valence-electron chi connectivity index (χ4n) is 2.66. The number of nitrogens with zero attached hydrogens (tertiary/aromatic N) is 1. The molecular formula is C13H17N3. The van der Waals surface area contributed by atoms with Crippen LogP contribution in [-0.2, 0) is 5.54 Å². The Balaban J connectivity index is 2.10. The van der Waals surface area contributed by atoms with Gasteiger partial charge in [-0.15, -0.1) is 0 Å². The predicted molar refractivity (Wildman–Crippen MR) is 65.3 cm³/mol. The third-order valence-corrected chi connectivity index (χ3v) is 3.69. The molecule has 2 N–H and O–H groups in total. The van der Waals surface area contributed by atoms with Crippen LogP contribution in [0.25, 0.3) is 11.0 Å². The molecule has 1 aromatic carbocycles. The molecule has 16 heavy (non-hydrogen) atoms. The van der Waals surface area contributed by atoms with Gasteiger partial charge < -0.3 is 10.3 Å². The standard InChI is InChI=1S/C13H17N3/c1-2-13(8-5-9-14-13)12-15-10-6-3-4-7-11(10)16-12/h3-4,6-7,14H,2,5,8-9H2,1H3,(H,15,16). The summed E-state index contributed by atoms with van der Waals surface area (Å²) in [7, 11) is 0. The molecule has 3 heteroatoms. The molecule has 1 unspecified atom stereocenters. The molecule has 1 atom stereocenters. The van der Waals surface area contributed by atoms with Crippen molar-refractivity contribution in [3.05, 3.63) is 30.1 Å². The van der Waals surface area contributed by atoms with Crippen molar-refractivity contribution in [1.29, 1.82) is 0 Å². The van der Waals surface area contributed by atoms with Crippen LogP contribution in [0.5, 0.6) is 0 Å². The third kappa shape index (κ3) is 1.35. The van der Waals surface area contributed by atoms with Crippen LogP contribution in [0.1, 0.15) is 32.0 Å². The quantitative estimate of drug-likeness (QED) is 0.808. The van der Waals surface area contributed by atoms with Crippen molar-refractivity contribution < 1.29 is 0 Å². The smallest absolute Gasteiger partial charge is 0.127 e. The SMILES string of the molecule is CCC1(c2nc3ccccc3[nH]2)CCCN1. The summed E-state index contributed by atoms with van der Waals surface area (Å²) in [4.78, 5) is 8.18. The number of aromatic nitrogens is 2. The number of rotatable bonds is 2. The molecule has 1 aliphatic rings. The fourth-order valence-corrected chi connectivity index (χ4v) is 2.66. The van der Waals surface area contributed by atoms with Gasteiger partial charge >= 0.3 is 0 Å². The maximum atomic E-state index is 4.72. The number of benzene rings is 1. The Morgan fingerprint density at radius 2 is 2.25 bits per heavy atom. The summed E-state index contributed by atoms with van der Waals surface area (Å²) < 4.78 is 0. The molecule has 0 saturated carbocycles. The number of hydrogen-bond acceptors (Lipinski definition) is 2. The summed E-state index contributed by atoms with van der Waals surface area (Å²) >= 11 is 0. The van der Waals surface area contributed by atoms with Gasteiger partial charge in [-0.1, -0.05) is 19.1 Å². The minimum absolute atomic E-state index is 0.0824. The monoisotopic (exact) mass is 215 g/mol. The molecule has 0 spiro atoms. The van der Waals surface area contributed by atoms with E-state index in [4.69, 9.17) is 4.98 Å². The number of aromatic amines is 1. The first-order valence-corrected chi connectivity index (χ1v) is 6.04. The Morgan fingerprint density at radius 1 is 1.38 bits per heavy atom. The van der Waals surface area contributed by atoms with Gasteiger partial charge in [0.1, 0.15) is 5.82 Å². The Bertz CT molecular complexity index is 462. The number of fused-ring (bicyclic) bond motifs is 1. The average Bonchev–Trinajstić information content (AvgIpc) is 2.96. The van der Waals surface area contributed by atoms with Gasteiger partial charge in [0, 0.05) is 0 Å². The molecule has 2 aromatic rings. The zero-order chi connectivity index (χ0) is 11.0. The van der Waals surface area contributed by atoms with E-state index < -0.39 is 0 Å². The highest BCUT2D eigenvalue weighted by atomic mass is 15.1. The van der Waals surface area contributed by atoms with Gasteiger partial charge in [0.25, 0.3) is 0 Å². The molecule has 0 radical (unpaired) electrons. The van der Waals surface area contributed by atoms with Gasteiger partial charge in [-0.25, -0.2) is 4.98 Å². The molecule has 1 aliphatic heterocycles. The first-order chi connectivity index (χ1) is 7.84. The van der Waals surface area contributed by atoms with Crippen molar-refractivity contribution in [2.45, 2.75) is 31.7 Å². The molecule has 2 heterocycles. The van der Waals surface area contributed by atoms with Gasteiger partial charge in [0.2, 0.25) is 0 Å². The summed E-state index contributed by atoms with van der Waals surface area (Å²) in [6.07, 6.45) is 3.51. The third-order valence-electron chi connectivity index (χ3n) is 3.69. The molecule has 1 fully saturated rings. The molecular weight excluding hydrogens is 198 g/mol. The zero-order valence-corrected chi connectivity index (χ0v) is 9.59. The first-order valence-electron chi connectivity index (χ1n) is 6.04. The van der Waals surface area contributed by atoms with Crippen LogP contribution in [0.15, 0.2) is 24.3 Å². The van der Waals surface area contributed by atoms with Gasteiger partial charge in [0.05, 0.1) is 16.6 Å². The van der Waals surface area contributed by atoms with E-state index in [1.54, 1.807) is 0 Å². The van der Waals surface area contributed by atoms with Crippen LogP contribution >= 0.6 is 0 Å². The molecule has 1 aromatic heterocycles. The molecule has 3 nitrogen and oxygen atoms in total. The lowest BCUT2D eigenvalue weighted by Gasteiger charge is -2.25. The predicted octanol–water partition coefficient (Wildman–Crippen LogP) is 2.55. The minimum atomic E-state index is 0.0824. The van der Waals surface area contributed by atoms with E-state index in [0.29, 0.717) is 0 Å². The normalized spacial score (nSPS) is 25.3. The lowest BCUT2D eigenvalue weighted by Crippen LogP contribution is -2.37. The number of nitrogens with one attached hydrogen (secondary N) is 2. The van der Waals surface area contributed by atoms with Crippen LogP contribution in [0, 0.1) is 0 Å². The second kappa shape index (κ2) is 3.59. The lowest BCUT2D eigenvalue weighted by molar-refractivity contribution is 0.357. The largest absolute Gasteiger partial charge is 0.340 e. The van der Waals surface area contributed by atoms with Crippen molar-refractivity contribution in [2.75, 3.05) is 6.54 Å². The Morgan fingerprint density at radius 3 is 2.94 bits per heavy atom. The maximum absolute atomic E-state index is 4.72. The zero-order valence-electron chi connectivity index (χ0n) is 9.59. The summed E-state index contributed by atoms with van der Waals surface area (Å²) in [6.45, 7) is 3.33. The number of imidazole rings is 1. The van der Waals surface area contributed by atoms with E-state index in [9.17, 15) is 0 Å². The van der Waals surface area contributed by atoms with Crippen molar-refractivity contribution in [3.8, 4) is 0 Å². The summed E-state index contributed by atoms with van der Waals surface area (Å²) in [5, 5.41) is 3.60. The van der Waals surface area contributed by atoms with Gasteiger partial charge in [-0.2, -0.15) is 0 Å². The van der Waals surface area contributed by atoms with Crippen LogP contribution in [0.2, 0.25) is 0 Å². The van der Waals surface area contributed by atoms with Gasteiger partial charge in [0.15, 0.2) is 0 Å². The van der Waals surface area contributed by atoms with Crippen molar-refractivity contribution in [3.63, 3.8) is 0 Å². The number of hydrogen-bond donors (Lipinski definition) is 2. The highest BCUT2D eigenvalue weighted by molar-refractivity contribution is 5.75. The van der Waals surface area contributed by atoms with E-state index >= 15 is 0 Å². The van der Waals surface area contributed by atoms with E-state index in [1.165, 1.54) is 12.8 Å². The second-order valence-electron chi connectivity index (χ2n) is 4.57. The fraction of sp³-hybridized carbons (Fsp3) is 0.462. The maximum Gasteiger partial charge on any atom is 0.127 e. The van der Waals surface area contributed by atoms with Crippen LogP contribution < -0.4 is 5.32 Å². The number of H-pyrrole nitrogens is 1. The Labute approximate surface area is 95.3 Å². The first kappa shape index (κ1) is 9.85. The average molecular weight is 215 g/mol. The van der Waals surface area contributed by atoms with Crippen LogP contribution in [-0.4, -0.2) is 16.5 Å². The Kier molecular flexibility index (Phi) is 2.21. The number of para-hydroxylation sites is 2. The summed E-state index contributed by atoms with van der Waals surface area (Å²) in [5.41, 5.74) is 2.29. The molecule has 1 saturated heterocycles. The van der Waals surface area contributed by atoms with Crippen LogP contribution in [0.3, 0.4) is 0 Å².